The molecule has 1 heterocycles. The molecule has 1 amide bonds. The first-order valence-electron chi connectivity index (χ1n) is 12.2. The van der Waals surface area contributed by atoms with Gasteiger partial charge in [0.25, 0.3) is 5.91 Å². The molecule has 1 unspecified atom stereocenters. The van der Waals surface area contributed by atoms with Gasteiger partial charge in [-0.3, -0.25) is 9.59 Å². The van der Waals surface area contributed by atoms with E-state index < -0.39 is 17.6 Å². The first-order chi connectivity index (χ1) is 16.6. The van der Waals surface area contributed by atoms with E-state index in [1.807, 2.05) is 68.3 Å². The molecule has 0 aliphatic carbocycles. The topological polar surface area (TPSA) is 103 Å². The number of hydrogen-bond donors (Lipinski definition) is 2. The van der Waals surface area contributed by atoms with E-state index in [0.717, 1.165) is 28.7 Å². The maximum atomic E-state index is 12.5. The highest BCUT2D eigenvalue weighted by atomic mass is 16.5. The predicted molar refractivity (Wildman–Crippen MR) is 135 cm³/mol. The zero-order valence-electron chi connectivity index (χ0n) is 21.0. The van der Waals surface area contributed by atoms with E-state index in [1.54, 1.807) is 0 Å². The Kier molecular flexibility index (Phi) is 8.66. The van der Waals surface area contributed by atoms with Gasteiger partial charge >= 0.3 is 5.97 Å². The van der Waals surface area contributed by atoms with Crippen molar-refractivity contribution in [3.63, 3.8) is 0 Å². The molecule has 2 N–H and O–H groups in total. The summed E-state index contributed by atoms with van der Waals surface area (Å²) in [6, 6.07) is 14.9. The summed E-state index contributed by atoms with van der Waals surface area (Å²) in [5.74, 6) is 0.154. The summed E-state index contributed by atoms with van der Waals surface area (Å²) in [4.78, 5) is 26.6. The molecule has 1 saturated heterocycles. The standard InChI is InChI=1S/C28H35N3O4/c1-5-19(2)14-26(32)35-25-11-10-23(15-20(25)3)22-8-6-21(7-9-22)16-24(17-29)30-27(33)28(34)12-13-31(4)18-28/h6-11,15,19,24,34H,5,12-14,16,18H2,1-4H3,(H,30,33)/t19?,24-,28+/m0/s1. The van der Waals surface area contributed by atoms with Gasteiger partial charge in [0, 0.05) is 25.9 Å². The molecule has 3 rings (SSSR count). The van der Waals surface area contributed by atoms with Gasteiger partial charge in [-0.2, -0.15) is 5.26 Å². The van der Waals surface area contributed by atoms with Crippen molar-refractivity contribution >= 4 is 11.9 Å². The third-order valence-corrected chi connectivity index (χ3v) is 6.66. The fraction of sp³-hybridized carbons (Fsp3) is 0.464. The van der Waals surface area contributed by atoms with Crippen molar-refractivity contribution in [3.8, 4) is 22.9 Å². The number of rotatable bonds is 9. The molecule has 186 valence electrons. The van der Waals surface area contributed by atoms with Crippen LogP contribution in [0.2, 0.25) is 0 Å². The number of esters is 1. The van der Waals surface area contributed by atoms with E-state index in [0.29, 0.717) is 37.5 Å². The molecule has 0 radical (unpaired) electrons. The number of hydrogen-bond acceptors (Lipinski definition) is 6. The number of ether oxygens (including phenoxy) is 1. The van der Waals surface area contributed by atoms with Crippen LogP contribution < -0.4 is 10.1 Å². The van der Waals surface area contributed by atoms with Gasteiger partial charge in [-0.15, -0.1) is 0 Å². The molecule has 1 fully saturated rings. The first-order valence-corrected chi connectivity index (χ1v) is 12.2. The van der Waals surface area contributed by atoms with Crippen LogP contribution in [0.5, 0.6) is 5.75 Å². The lowest BCUT2D eigenvalue weighted by Crippen LogP contribution is -2.51. The smallest absolute Gasteiger partial charge is 0.311 e. The van der Waals surface area contributed by atoms with E-state index in [-0.39, 0.29) is 12.5 Å². The van der Waals surface area contributed by atoms with E-state index in [4.69, 9.17) is 4.74 Å². The summed E-state index contributed by atoms with van der Waals surface area (Å²) in [6.07, 6.45) is 2.04. The molecular formula is C28H35N3O4. The van der Waals surface area contributed by atoms with Crippen LogP contribution in [0.1, 0.15) is 44.2 Å². The van der Waals surface area contributed by atoms with Crippen molar-refractivity contribution in [2.45, 2.75) is 58.1 Å². The number of benzene rings is 2. The van der Waals surface area contributed by atoms with Crippen molar-refractivity contribution in [1.29, 1.82) is 5.26 Å². The number of nitrogens with one attached hydrogen (secondary N) is 1. The van der Waals surface area contributed by atoms with Gasteiger partial charge in [0.1, 0.15) is 11.8 Å². The summed E-state index contributed by atoms with van der Waals surface area (Å²) in [5, 5.41) is 22.8. The van der Waals surface area contributed by atoms with E-state index >= 15 is 0 Å². The van der Waals surface area contributed by atoms with E-state index in [2.05, 4.69) is 18.3 Å². The second kappa shape index (κ2) is 11.5. The summed E-state index contributed by atoms with van der Waals surface area (Å²) < 4.78 is 5.54. The van der Waals surface area contributed by atoms with Crippen molar-refractivity contribution < 1.29 is 19.4 Å². The van der Waals surface area contributed by atoms with Crippen LogP contribution in [0.3, 0.4) is 0 Å². The molecule has 3 atom stereocenters. The minimum absolute atomic E-state index is 0.217. The number of carbonyl (C=O) groups is 2. The van der Waals surface area contributed by atoms with Gasteiger partial charge < -0.3 is 20.1 Å². The summed E-state index contributed by atoms with van der Waals surface area (Å²) >= 11 is 0. The molecule has 0 aromatic heterocycles. The Morgan fingerprint density at radius 2 is 1.91 bits per heavy atom. The number of nitrogens with zero attached hydrogens (tertiary/aromatic N) is 2. The summed E-state index contributed by atoms with van der Waals surface area (Å²) in [5.41, 5.74) is 2.33. The number of nitriles is 1. The van der Waals surface area contributed by atoms with Gasteiger partial charge in [0.2, 0.25) is 0 Å². The summed E-state index contributed by atoms with van der Waals surface area (Å²) in [7, 11) is 1.85. The Balaban J connectivity index is 1.62. The van der Waals surface area contributed by atoms with Crippen LogP contribution in [0, 0.1) is 24.2 Å². The van der Waals surface area contributed by atoms with Crippen molar-refractivity contribution in [2.75, 3.05) is 20.1 Å². The third-order valence-electron chi connectivity index (χ3n) is 6.66. The molecule has 7 nitrogen and oxygen atoms in total. The highest BCUT2D eigenvalue weighted by Gasteiger charge is 2.42. The molecule has 1 aliphatic rings. The van der Waals surface area contributed by atoms with Gasteiger partial charge in [0.05, 0.1) is 6.07 Å². The number of aliphatic hydroxyl groups is 1. The number of β-amino-alcohol motifs (C(OH)–C–C–N with tert-alkyl or cyclic N) is 1. The number of amides is 1. The van der Waals surface area contributed by atoms with E-state index in [9.17, 15) is 20.0 Å². The highest BCUT2D eigenvalue weighted by Crippen LogP contribution is 2.27. The molecule has 35 heavy (non-hydrogen) atoms. The Bertz CT molecular complexity index is 1090. The van der Waals surface area contributed by atoms with Crippen molar-refractivity contribution in [1.82, 2.24) is 10.2 Å². The van der Waals surface area contributed by atoms with Crippen LogP contribution in [0.25, 0.3) is 11.1 Å². The average molecular weight is 478 g/mol. The van der Waals surface area contributed by atoms with Crippen LogP contribution in [0.4, 0.5) is 0 Å². The third kappa shape index (κ3) is 6.91. The lowest BCUT2D eigenvalue weighted by Gasteiger charge is -2.23. The quantitative estimate of drug-likeness (QED) is 0.422. The van der Waals surface area contributed by atoms with Crippen LogP contribution >= 0.6 is 0 Å². The average Bonchev–Trinajstić information content (AvgIpc) is 3.19. The predicted octanol–water partition coefficient (Wildman–Crippen LogP) is 3.62. The molecule has 7 heteroatoms. The largest absolute Gasteiger partial charge is 0.426 e. The molecule has 0 spiro atoms. The summed E-state index contributed by atoms with van der Waals surface area (Å²) in [6.45, 7) is 6.91. The highest BCUT2D eigenvalue weighted by molar-refractivity contribution is 5.86. The Labute approximate surface area is 207 Å². The fourth-order valence-electron chi connectivity index (χ4n) is 4.19. The van der Waals surface area contributed by atoms with Gasteiger partial charge in [-0.1, -0.05) is 50.6 Å². The lowest BCUT2D eigenvalue weighted by atomic mass is 9.98. The maximum absolute atomic E-state index is 12.5. The zero-order chi connectivity index (χ0) is 25.6. The minimum Gasteiger partial charge on any atom is -0.426 e. The fourth-order valence-corrected chi connectivity index (χ4v) is 4.19. The van der Waals surface area contributed by atoms with Crippen LogP contribution in [-0.4, -0.2) is 53.7 Å². The van der Waals surface area contributed by atoms with Crippen LogP contribution in [-0.2, 0) is 16.0 Å². The van der Waals surface area contributed by atoms with Crippen LogP contribution in [0.15, 0.2) is 42.5 Å². The van der Waals surface area contributed by atoms with Gasteiger partial charge in [-0.05, 0) is 60.7 Å². The monoisotopic (exact) mass is 477 g/mol. The SMILES string of the molecule is CCC(C)CC(=O)Oc1ccc(-c2ccc(C[C@@H](C#N)NC(=O)[C@@]3(O)CCN(C)C3)cc2)cc1C. The molecule has 2 aromatic rings. The second-order valence-electron chi connectivity index (χ2n) is 9.75. The number of likely N-dealkylation sites (tertiary alicyclic amines) is 1. The van der Waals surface area contributed by atoms with Crippen molar-refractivity contribution in [2.24, 2.45) is 5.92 Å². The normalized spacial score (nSPS) is 19.5. The van der Waals surface area contributed by atoms with Gasteiger partial charge in [-0.25, -0.2) is 0 Å². The molecule has 0 saturated carbocycles. The lowest BCUT2D eigenvalue weighted by molar-refractivity contribution is -0.138. The zero-order valence-corrected chi connectivity index (χ0v) is 21.0. The Morgan fingerprint density at radius 1 is 1.23 bits per heavy atom. The van der Waals surface area contributed by atoms with E-state index in [1.165, 1.54) is 0 Å². The van der Waals surface area contributed by atoms with Crippen molar-refractivity contribution in [3.05, 3.63) is 53.6 Å². The second-order valence-corrected chi connectivity index (χ2v) is 9.75. The minimum atomic E-state index is -1.44. The molecule has 0 bridgehead atoms. The maximum Gasteiger partial charge on any atom is 0.311 e. The number of likely N-dealkylation sites (N-methyl/N-ethyl adjacent to an activating group) is 1. The first kappa shape index (κ1) is 26.4. The molecule has 1 aliphatic heterocycles. The molecular weight excluding hydrogens is 442 g/mol. The molecule has 2 aromatic carbocycles. The number of aryl methyl sites for hydroxylation is 1. The van der Waals surface area contributed by atoms with Gasteiger partial charge in [0.15, 0.2) is 5.60 Å². The Hall–Kier alpha value is -3.21. The Morgan fingerprint density at radius 3 is 2.49 bits per heavy atom. The number of carbonyl (C=O) groups excluding carboxylic acids is 2.